The third-order valence-electron chi connectivity index (χ3n) is 6.29. The van der Waals surface area contributed by atoms with Crippen LogP contribution in [0.25, 0.3) is 0 Å². The van der Waals surface area contributed by atoms with Gasteiger partial charge >= 0.3 is 0 Å². The van der Waals surface area contributed by atoms with Crippen molar-refractivity contribution in [3.63, 3.8) is 0 Å². The van der Waals surface area contributed by atoms with E-state index < -0.39 is 27.7 Å². The molecule has 0 bridgehead atoms. The summed E-state index contributed by atoms with van der Waals surface area (Å²) in [6.07, 6.45) is 0.454. The Morgan fingerprint density at radius 3 is 2.02 bits per heavy atom. The lowest BCUT2D eigenvalue weighted by Crippen LogP contribution is -2.28. The van der Waals surface area contributed by atoms with E-state index in [1.54, 1.807) is 24.3 Å². The monoisotopic (exact) mass is 566 g/mol. The normalized spacial score (nSPS) is 12.6. The van der Waals surface area contributed by atoms with Crippen LogP contribution in [0.15, 0.2) is 72.8 Å². The lowest BCUT2D eigenvalue weighted by Gasteiger charge is -2.22. The molecule has 9 heteroatoms. The Bertz CT molecular complexity index is 1390. The van der Waals surface area contributed by atoms with Gasteiger partial charge in [-0.25, -0.2) is 0 Å². The molecule has 2 amide bonds. The van der Waals surface area contributed by atoms with E-state index in [0.29, 0.717) is 17.7 Å². The van der Waals surface area contributed by atoms with Crippen LogP contribution in [0, 0.1) is 0 Å². The van der Waals surface area contributed by atoms with Gasteiger partial charge in [0.15, 0.2) is 0 Å². The first kappa shape index (κ1) is 30.8. The van der Waals surface area contributed by atoms with Crippen LogP contribution in [-0.4, -0.2) is 43.2 Å². The Morgan fingerprint density at radius 2 is 1.50 bits per heavy atom. The van der Waals surface area contributed by atoms with Crippen LogP contribution in [0.1, 0.15) is 67.6 Å². The maximum atomic E-state index is 13.6. The number of benzene rings is 3. The van der Waals surface area contributed by atoms with Crippen molar-refractivity contribution in [1.82, 2.24) is 5.32 Å². The fourth-order valence-corrected chi connectivity index (χ4v) is 4.48. The molecule has 3 aromatic rings. The average molecular weight is 567 g/mol. The number of rotatable bonds is 11. The van der Waals surface area contributed by atoms with Gasteiger partial charge in [0, 0.05) is 17.8 Å². The summed E-state index contributed by atoms with van der Waals surface area (Å²) < 4.78 is 36.3. The van der Waals surface area contributed by atoms with Gasteiger partial charge in [-0.2, -0.15) is 8.42 Å². The summed E-state index contributed by atoms with van der Waals surface area (Å²) in [6, 6.07) is 22.1. The summed E-state index contributed by atoms with van der Waals surface area (Å²) in [7, 11) is -4.16. The number of hydrogen-bond donors (Lipinski definition) is 3. The summed E-state index contributed by atoms with van der Waals surface area (Å²) in [5, 5.41) is 5.49. The molecular formula is C31H38N2O6S. The van der Waals surface area contributed by atoms with E-state index in [2.05, 4.69) is 31.4 Å². The zero-order valence-corrected chi connectivity index (χ0v) is 24.4. The molecule has 0 radical (unpaired) electrons. The number of hydrogen-bond acceptors (Lipinski definition) is 5. The van der Waals surface area contributed by atoms with E-state index in [1.807, 2.05) is 62.4 Å². The fourth-order valence-electron chi connectivity index (χ4n) is 4.12. The largest absolute Gasteiger partial charge is 0.491 e. The minimum atomic E-state index is -4.16. The number of anilines is 1. The molecule has 0 aliphatic rings. The molecule has 0 saturated heterocycles. The van der Waals surface area contributed by atoms with Gasteiger partial charge in [0.25, 0.3) is 16.0 Å². The van der Waals surface area contributed by atoms with E-state index in [4.69, 9.17) is 9.29 Å². The molecule has 0 aliphatic carbocycles. The molecular weight excluding hydrogens is 528 g/mol. The zero-order valence-electron chi connectivity index (χ0n) is 23.6. The van der Waals surface area contributed by atoms with E-state index in [-0.39, 0.29) is 24.0 Å². The van der Waals surface area contributed by atoms with E-state index in [1.165, 1.54) is 5.56 Å². The van der Waals surface area contributed by atoms with Gasteiger partial charge < -0.3 is 15.4 Å². The standard InChI is InChI=1S/C31H38N2O6S/c1-21(2)39-27-16-14-26(15-17-27)33-30(35)28(23-10-12-25(13-11-23)31(3,4)5)20-22-6-8-24(9-7-22)29(34)32-18-19-40(36,37)38/h6-17,21,28H,18-20H2,1-5H3,(H,32,34)(H,33,35)(H,36,37,38). The first-order valence-electron chi connectivity index (χ1n) is 13.2. The van der Waals surface area contributed by atoms with Crippen molar-refractivity contribution >= 4 is 27.6 Å². The minimum absolute atomic E-state index is 0.0200. The van der Waals surface area contributed by atoms with E-state index >= 15 is 0 Å². The highest BCUT2D eigenvalue weighted by molar-refractivity contribution is 7.85. The Balaban J connectivity index is 1.79. The second-order valence-corrected chi connectivity index (χ2v) is 12.6. The number of amides is 2. The molecule has 214 valence electrons. The number of ether oxygens (including phenoxy) is 1. The van der Waals surface area contributed by atoms with Crippen molar-refractivity contribution in [2.45, 2.75) is 58.5 Å². The molecule has 0 aliphatic heterocycles. The third kappa shape index (κ3) is 9.50. The van der Waals surface area contributed by atoms with Crippen LogP contribution in [0.4, 0.5) is 5.69 Å². The summed E-state index contributed by atoms with van der Waals surface area (Å²) in [5.41, 5.74) is 3.88. The molecule has 0 aromatic heterocycles. The Morgan fingerprint density at radius 1 is 0.900 bits per heavy atom. The SMILES string of the molecule is CC(C)Oc1ccc(NC(=O)C(Cc2ccc(C(=O)NCCS(=O)(=O)O)cc2)c2ccc(C(C)(C)C)cc2)cc1. The van der Waals surface area contributed by atoms with Crippen LogP contribution >= 0.6 is 0 Å². The predicted molar refractivity (Wildman–Crippen MR) is 158 cm³/mol. The zero-order chi connectivity index (χ0) is 29.5. The summed E-state index contributed by atoms with van der Waals surface area (Å²) >= 11 is 0. The van der Waals surface area contributed by atoms with E-state index in [0.717, 1.165) is 16.9 Å². The topological polar surface area (TPSA) is 122 Å². The summed E-state index contributed by atoms with van der Waals surface area (Å²) in [6.45, 7) is 10.1. The van der Waals surface area contributed by atoms with Crippen LogP contribution in [0.2, 0.25) is 0 Å². The van der Waals surface area contributed by atoms with Crippen molar-refractivity contribution in [2.75, 3.05) is 17.6 Å². The lowest BCUT2D eigenvalue weighted by atomic mass is 9.84. The van der Waals surface area contributed by atoms with Crippen molar-refractivity contribution in [2.24, 2.45) is 0 Å². The minimum Gasteiger partial charge on any atom is -0.491 e. The van der Waals surface area contributed by atoms with Crippen molar-refractivity contribution in [1.29, 1.82) is 0 Å². The van der Waals surface area contributed by atoms with Gasteiger partial charge in [0.2, 0.25) is 5.91 Å². The second-order valence-electron chi connectivity index (χ2n) is 11.0. The van der Waals surface area contributed by atoms with Gasteiger partial charge in [-0.3, -0.25) is 14.1 Å². The smallest absolute Gasteiger partial charge is 0.266 e. The molecule has 3 aromatic carbocycles. The Kier molecular flexibility index (Phi) is 10.1. The molecule has 3 N–H and O–H groups in total. The molecule has 40 heavy (non-hydrogen) atoms. The summed E-state index contributed by atoms with van der Waals surface area (Å²) in [5.74, 6) is -0.936. The number of carbonyl (C=O) groups excluding carboxylic acids is 2. The Labute approximate surface area is 236 Å². The first-order valence-corrected chi connectivity index (χ1v) is 14.8. The molecule has 0 fully saturated rings. The molecule has 0 heterocycles. The molecule has 8 nitrogen and oxygen atoms in total. The van der Waals surface area contributed by atoms with Crippen LogP contribution in [0.3, 0.4) is 0 Å². The fraction of sp³-hybridized carbons (Fsp3) is 0.355. The highest BCUT2D eigenvalue weighted by atomic mass is 32.2. The number of carbonyl (C=O) groups is 2. The Hall–Kier alpha value is -3.69. The predicted octanol–water partition coefficient (Wildman–Crippen LogP) is 5.35. The first-order chi connectivity index (χ1) is 18.7. The van der Waals surface area contributed by atoms with Gasteiger partial charge in [-0.15, -0.1) is 0 Å². The van der Waals surface area contributed by atoms with Crippen molar-refractivity contribution in [3.05, 3.63) is 95.1 Å². The van der Waals surface area contributed by atoms with Gasteiger partial charge in [-0.05, 0) is 78.8 Å². The van der Waals surface area contributed by atoms with Crippen LogP contribution in [0.5, 0.6) is 5.75 Å². The maximum absolute atomic E-state index is 13.6. The number of nitrogens with one attached hydrogen (secondary N) is 2. The quantitative estimate of drug-likeness (QED) is 0.269. The van der Waals surface area contributed by atoms with Crippen molar-refractivity contribution in [3.8, 4) is 5.75 Å². The second kappa shape index (κ2) is 13.1. The molecule has 0 spiro atoms. The third-order valence-corrected chi connectivity index (χ3v) is 7.01. The van der Waals surface area contributed by atoms with Gasteiger partial charge in [0.1, 0.15) is 5.75 Å². The van der Waals surface area contributed by atoms with Crippen LogP contribution < -0.4 is 15.4 Å². The van der Waals surface area contributed by atoms with E-state index in [9.17, 15) is 18.0 Å². The maximum Gasteiger partial charge on any atom is 0.266 e. The highest BCUT2D eigenvalue weighted by Crippen LogP contribution is 2.28. The molecule has 3 rings (SSSR count). The van der Waals surface area contributed by atoms with Crippen LogP contribution in [-0.2, 0) is 26.7 Å². The average Bonchev–Trinajstić information content (AvgIpc) is 2.87. The van der Waals surface area contributed by atoms with Gasteiger partial charge in [0.05, 0.1) is 17.8 Å². The lowest BCUT2D eigenvalue weighted by molar-refractivity contribution is -0.117. The summed E-state index contributed by atoms with van der Waals surface area (Å²) in [4.78, 5) is 25.9. The van der Waals surface area contributed by atoms with Gasteiger partial charge in [-0.1, -0.05) is 57.2 Å². The highest BCUT2D eigenvalue weighted by Gasteiger charge is 2.23. The molecule has 1 unspecified atom stereocenters. The van der Waals surface area contributed by atoms with Crippen molar-refractivity contribution < 1.29 is 27.3 Å². The molecule has 1 atom stereocenters. The molecule has 0 saturated carbocycles.